The number of allylic oxidation sites excluding steroid dienone is 2. The molecular formula is C53H86O24. The summed E-state index contributed by atoms with van der Waals surface area (Å²) in [6.45, 7) is 12.7. The summed E-state index contributed by atoms with van der Waals surface area (Å²) in [5.74, 6) is -1.80. The van der Waals surface area contributed by atoms with Gasteiger partial charge in [-0.15, -0.1) is 0 Å². The van der Waals surface area contributed by atoms with E-state index in [4.69, 9.17) is 37.9 Å². The zero-order valence-corrected chi connectivity index (χ0v) is 44.9. The average molecular weight is 1110 g/mol. The predicted molar refractivity (Wildman–Crippen MR) is 260 cm³/mol. The van der Waals surface area contributed by atoms with Gasteiger partial charge in [-0.1, -0.05) is 60.1 Å². The van der Waals surface area contributed by atoms with Gasteiger partial charge in [0.2, 0.25) is 0 Å². The van der Waals surface area contributed by atoms with Crippen molar-refractivity contribution in [3.05, 3.63) is 11.6 Å². The third-order valence-electron chi connectivity index (χ3n) is 21.5. The monoisotopic (exact) mass is 1110 g/mol. The Labute approximate surface area is 447 Å². The first-order valence-corrected chi connectivity index (χ1v) is 27.4. The fourth-order valence-corrected chi connectivity index (χ4v) is 16.4. The molecule has 8 fully saturated rings. The van der Waals surface area contributed by atoms with Crippen LogP contribution in [0.15, 0.2) is 11.6 Å². The summed E-state index contributed by atoms with van der Waals surface area (Å²) >= 11 is 0. The summed E-state index contributed by atoms with van der Waals surface area (Å²) in [6, 6.07) is 0. The number of aliphatic hydroxyl groups is 14. The third-order valence-corrected chi connectivity index (χ3v) is 21.5. The van der Waals surface area contributed by atoms with Crippen LogP contribution in [0.1, 0.15) is 99.8 Å². The van der Waals surface area contributed by atoms with Crippen LogP contribution in [0.2, 0.25) is 0 Å². The number of ether oxygens (including phenoxy) is 8. The number of aliphatic carboxylic acids is 1. The number of carboxylic acids is 1. The molecule has 24 heteroatoms. The summed E-state index contributed by atoms with van der Waals surface area (Å²) in [4.78, 5) is 12.6. The van der Waals surface area contributed by atoms with Crippen LogP contribution in [0.4, 0.5) is 0 Å². The number of hydrogen-bond acceptors (Lipinski definition) is 23. The first-order chi connectivity index (χ1) is 36.0. The van der Waals surface area contributed by atoms with Gasteiger partial charge in [0.05, 0.1) is 44.7 Å². The highest BCUT2D eigenvalue weighted by molar-refractivity contribution is 5.73. The Morgan fingerprint density at radius 1 is 0.597 bits per heavy atom. The smallest absolute Gasteiger partial charge is 0.335 e. The lowest BCUT2D eigenvalue weighted by Crippen LogP contribution is -2.69. The molecule has 9 rings (SSSR count). The summed E-state index contributed by atoms with van der Waals surface area (Å²) in [7, 11) is 0. The van der Waals surface area contributed by atoms with Crippen molar-refractivity contribution in [3.8, 4) is 0 Å². The Morgan fingerprint density at radius 2 is 1.18 bits per heavy atom. The van der Waals surface area contributed by atoms with Crippen LogP contribution in [0, 0.1) is 50.2 Å². The Kier molecular flexibility index (Phi) is 16.7. The molecule has 0 amide bonds. The largest absolute Gasteiger partial charge is 0.479 e. The summed E-state index contributed by atoms with van der Waals surface area (Å²) in [5.41, 5.74) is -1.98. The maximum atomic E-state index is 12.6. The number of hydrogen-bond donors (Lipinski definition) is 15. The lowest BCUT2D eigenvalue weighted by molar-refractivity contribution is -0.397. The van der Waals surface area contributed by atoms with Gasteiger partial charge in [0.1, 0.15) is 85.5 Å². The topological polar surface area (TPSA) is 394 Å². The van der Waals surface area contributed by atoms with Crippen LogP contribution in [0.25, 0.3) is 0 Å². The van der Waals surface area contributed by atoms with Gasteiger partial charge in [-0.2, -0.15) is 0 Å². The van der Waals surface area contributed by atoms with Crippen molar-refractivity contribution < 1.29 is 119 Å². The molecule has 0 spiro atoms. The van der Waals surface area contributed by atoms with Crippen LogP contribution in [0.3, 0.4) is 0 Å². The zero-order valence-electron chi connectivity index (χ0n) is 44.9. The number of carboxylic acid groups (broad SMARTS) is 1. The third kappa shape index (κ3) is 9.50. The van der Waals surface area contributed by atoms with E-state index in [1.165, 1.54) is 5.57 Å². The number of rotatable bonds is 12. The summed E-state index contributed by atoms with van der Waals surface area (Å²) in [5, 5.41) is 162. The van der Waals surface area contributed by atoms with Gasteiger partial charge in [-0.25, -0.2) is 4.79 Å². The van der Waals surface area contributed by atoms with Gasteiger partial charge in [0.15, 0.2) is 31.3 Å². The van der Waals surface area contributed by atoms with E-state index in [9.17, 15) is 81.4 Å². The maximum absolute atomic E-state index is 12.6. The van der Waals surface area contributed by atoms with E-state index in [1.807, 2.05) is 20.8 Å². The second-order valence-corrected chi connectivity index (χ2v) is 26.0. The normalized spacial score (nSPS) is 55.7. The molecule has 4 aliphatic heterocycles. The fraction of sp³-hybridized carbons (Fsp3) is 0.943. The molecule has 30 atom stereocenters. The molecular weight excluding hydrogens is 1020 g/mol. The van der Waals surface area contributed by atoms with Crippen molar-refractivity contribution >= 4 is 5.97 Å². The second kappa shape index (κ2) is 21.5. The molecule has 5 aliphatic carbocycles. The molecule has 4 saturated carbocycles. The lowest BCUT2D eigenvalue weighted by Gasteiger charge is -2.72. The van der Waals surface area contributed by atoms with E-state index in [-0.39, 0.29) is 41.8 Å². The van der Waals surface area contributed by atoms with Crippen LogP contribution >= 0.6 is 0 Å². The SMILES string of the molecule is CC1(C)C[C@H]2C3=CC[C@@H]4[C@@]5(C)CC[C@H](O[C@@H]6O[C@H](C(=O)O)[C@@H](O)[C@H](O)[C@H]6O[C@@H]6O[C@H](CO)[C@H](O)[C@H](O)[C@H]6O[C@@H]6O[C@H](CO)[C@@H](O)[C@H](O)[C@H]6O)[C@](C)(CO)[C@@H]5CC[C@@]4(C)[C@]3(C)CC[C@@]2(C)[C@H](O[C@@H]2OC[C@H](O)[C@H](O)[C@H]2O)[C@@H]1O. The van der Waals surface area contributed by atoms with Crippen LogP contribution in [-0.4, -0.2) is 244 Å². The van der Waals surface area contributed by atoms with Gasteiger partial charge in [-0.05, 0) is 90.8 Å². The quantitative estimate of drug-likeness (QED) is 0.0689. The summed E-state index contributed by atoms with van der Waals surface area (Å²) in [6.07, 6.45) is -29.1. The Bertz CT molecular complexity index is 2140. The van der Waals surface area contributed by atoms with Gasteiger partial charge in [0.25, 0.3) is 0 Å². The zero-order chi connectivity index (χ0) is 56.4. The molecule has 77 heavy (non-hydrogen) atoms. The van der Waals surface area contributed by atoms with E-state index in [1.54, 1.807) is 0 Å². The highest BCUT2D eigenvalue weighted by atomic mass is 16.8. The molecule has 4 saturated heterocycles. The van der Waals surface area contributed by atoms with Crippen molar-refractivity contribution in [2.24, 2.45) is 50.2 Å². The van der Waals surface area contributed by atoms with E-state index < -0.39 is 176 Å². The van der Waals surface area contributed by atoms with Gasteiger partial charge >= 0.3 is 5.97 Å². The molecule has 0 radical (unpaired) electrons. The molecule has 24 nitrogen and oxygen atoms in total. The van der Waals surface area contributed by atoms with Gasteiger partial charge in [0, 0.05) is 10.8 Å². The standard InChI is InChI=1S/C53H86O24/c1-48(2)16-22-21-8-9-27-50(4)12-11-28(51(5,20-56)26(50)10-13-53(27,7)52(21,6)15-14-49(22,3)42(41(48)67)77-44-36(65)29(58)23(57)19-70-44)73-47-40(35(64)34(63)38(74-47)43(68)69)76-46-39(33(62)31(60)25(18-55)72-46)75-45-37(66)32(61)30(59)24(17-54)71-45/h8,22-42,44-47,54-67H,9-20H2,1-7H3,(H,68,69)/t22-,23-,24+,25+,26+,27+,28-,29-,30+,31-,32-,33-,34-,35-,36+,37+,38-,39+,40+,41-,42+,44-,45-,46-,47+,49+,50-,51+,52+,53+/m0/s1. The Hall–Kier alpha value is -1.67. The van der Waals surface area contributed by atoms with E-state index in [0.29, 0.717) is 38.5 Å². The van der Waals surface area contributed by atoms with Crippen molar-refractivity contribution in [1.29, 1.82) is 0 Å². The van der Waals surface area contributed by atoms with Crippen molar-refractivity contribution in [2.45, 2.75) is 235 Å². The van der Waals surface area contributed by atoms with E-state index >= 15 is 0 Å². The first kappa shape index (κ1) is 59.9. The maximum Gasteiger partial charge on any atom is 0.335 e. The first-order valence-electron chi connectivity index (χ1n) is 27.4. The number of carbonyl (C=O) groups is 1. The fourth-order valence-electron chi connectivity index (χ4n) is 16.4. The highest BCUT2D eigenvalue weighted by Gasteiger charge is 2.71. The van der Waals surface area contributed by atoms with E-state index in [0.717, 1.165) is 12.8 Å². The van der Waals surface area contributed by atoms with Crippen LogP contribution in [0.5, 0.6) is 0 Å². The van der Waals surface area contributed by atoms with E-state index in [2.05, 4.69) is 33.8 Å². The summed E-state index contributed by atoms with van der Waals surface area (Å²) < 4.78 is 48.3. The molecule has 0 aromatic carbocycles. The molecule has 442 valence electrons. The molecule has 15 N–H and O–H groups in total. The second-order valence-electron chi connectivity index (χ2n) is 26.0. The van der Waals surface area contributed by atoms with Crippen molar-refractivity contribution in [2.75, 3.05) is 26.4 Å². The molecule has 0 bridgehead atoms. The molecule has 0 aromatic heterocycles. The minimum absolute atomic E-state index is 0.0402. The minimum atomic E-state index is -2.14. The molecule has 0 unspecified atom stereocenters. The number of fused-ring (bicyclic) bond motifs is 7. The number of aliphatic hydroxyl groups excluding tert-OH is 14. The predicted octanol–water partition coefficient (Wildman–Crippen LogP) is -2.89. The minimum Gasteiger partial charge on any atom is -0.479 e. The highest BCUT2D eigenvalue weighted by Crippen LogP contribution is 2.76. The molecule has 0 aromatic rings. The van der Waals surface area contributed by atoms with Gasteiger partial charge < -0.3 is 114 Å². The molecule has 4 heterocycles. The van der Waals surface area contributed by atoms with Crippen LogP contribution < -0.4 is 0 Å². The Balaban J connectivity index is 0.984. The average Bonchev–Trinajstić information content (AvgIpc) is 3.52. The lowest BCUT2D eigenvalue weighted by atomic mass is 9.33. The Morgan fingerprint density at radius 3 is 1.81 bits per heavy atom. The molecule has 9 aliphatic rings. The van der Waals surface area contributed by atoms with Gasteiger partial charge in [-0.3, -0.25) is 0 Å². The van der Waals surface area contributed by atoms with Crippen molar-refractivity contribution in [3.63, 3.8) is 0 Å². The van der Waals surface area contributed by atoms with Crippen LogP contribution in [-0.2, 0) is 42.7 Å². The van der Waals surface area contributed by atoms with Crippen molar-refractivity contribution in [1.82, 2.24) is 0 Å².